The summed E-state index contributed by atoms with van der Waals surface area (Å²) < 4.78 is 21.7. The predicted octanol–water partition coefficient (Wildman–Crippen LogP) is 5.02. The van der Waals surface area contributed by atoms with Gasteiger partial charge in [-0.2, -0.15) is 4.98 Å². The molecule has 3 atom stereocenters. The molecule has 0 radical (unpaired) electrons. The zero-order valence-corrected chi connectivity index (χ0v) is 25.9. The quantitative estimate of drug-likeness (QED) is 0.110. The van der Waals surface area contributed by atoms with E-state index in [9.17, 15) is 4.79 Å². The average Bonchev–Trinajstić information content (AvgIpc) is 3.41. The number of piperidine rings is 1. The van der Waals surface area contributed by atoms with Crippen LogP contribution >= 0.6 is 11.6 Å². The molecule has 0 unspecified atom stereocenters. The molecule has 1 fully saturated rings. The third-order valence-corrected chi connectivity index (χ3v) is 8.35. The molecule has 1 aliphatic heterocycles. The molecule has 5 rings (SSSR count). The lowest BCUT2D eigenvalue weighted by Gasteiger charge is -2.31. The summed E-state index contributed by atoms with van der Waals surface area (Å²) in [6, 6.07) is 9.44. The van der Waals surface area contributed by atoms with Crippen LogP contribution in [0.4, 0.5) is 4.39 Å². The summed E-state index contributed by atoms with van der Waals surface area (Å²) in [6.07, 6.45) is 9.77. The van der Waals surface area contributed by atoms with Gasteiger partial charge in [0, 0.05) is 48.9 Å². The van der Waals surface area contributed by atoms with Gasteiger partial charge in [-0.15, -0.1) is 0 Å². The Kier molecular flexibility index (Phi) is 10.4. The number of rotatable bonds is 12. The van der Waals surface area contributed by atoms with Crippen molar-refractivity contribution < 1.29 is 9.13 Å². The van der Waals surface area contributed by atoms with E-state index in [1.165, 1.54) is 4.57 Å². The standard InChI is InChI=1S/C32H40ClFN8O2/c1-19(35)37-12-11-23-7-4-8-28(39-23)27-10-9-24(16-38-27)42-17-21-15-29(40-31(21)41-32(42)43)25-13-20(14-26(33)30(25)34)5-3-6-22(36)18-44-2/h9-10,13-17,22-23,28,39H,3-8,11-12,18,36H2,1-2H3,(H2,35,37)(H,40,41,43)/t22-,23+,28+/m1/s1. The molecular formula is C32H40ClFN8O2. The van der Waals surface area contributed by atoms with E-state index in [1.54, 1.807) is 44.6 Å². The molecule has 12 heteroatoms. The maximum atomic E-state index is 15.2. The van der Waals surface area contributed by atoms with E-state index in [0.717, 1.165) is 56.3 Å². The molecular weight excluding hydrogens is 583 g/mol. The van der Waals surface area contributed by atoms with Crippen LogP contribution in [0, 0.1) is 11.2 Å². The van der Waals surface area contributed by atoms with Gasteiger partial charge in [0.05, 0.1) is 40.7 Å². The zero-order chi connectivity index (χ0) is 31.2. The Hall–Kier alpha value is -3.64. The van der Waals surface area contributed by atoms with Crippen LogP contribution in [0.3, 0.4) is 0 Å². The highest BCUT2D eigenvalue weighted by Crippen LogP contribution is 2.31. The van der Waals surface area contributed by atoms with E-state index in [4.69, 9.17) is 27.5 Å². The van der Waals surface area contributed by atoms with E-state index in [1.807, 2.05) is 12.1 Å². The highest BCUT2D eigenvalue weighted by molar-refractivity contribution is 6.31. The lowest BCUT2D eigenvalue weighted by Crippen LogP contribution is -2.39. The Morgan fingerprint density at radius 1 is 1.32 bits per heavy atom. The number of fused-ring (bicyclic) bond motifs is 1. The minimum absolute atomic E-state index is 0.0351. The van der Waals surface area contributed by atoms with Crippen LogP contribution in [0.25, 0.3) is 28.0 Å². The van der Waals surface area contributed by atoms with Crippen LogP contribution in [0.1, 0.15) is 62.7 Å². The number of aromatic nitrogens is 4. The number of aryl methyl sites for hydroxylation is 1. The Morgan fingerprint density at radius 2 is 2.16 bits per heavy atom. The zero-order valence-electron chi connectivity index (χ0n) is 25.1. The number of methoxy groups -OCH3 is 1. The number of hydrogen-bond donors (Lipinski definition) is 5. The predicted molar refractivity (Wildman–Crippen MR) is 172 cm³/mol. The normalized spacial score (nSPS) is 17.6. The first kappa shape index (κ1) is 31.8. The van der Waals surface area contributed by atoms with Crippen LogP contribution in [0.5, 0.6) is 0 Å². The largest absolute Gasteiger partial charge is 0.383 e. The molecule has 0 spiro atoms. The topological polar surface area (TPSA) is 147 Å². The van der Waals surface area contributed by atoms with Gasteiger partial charge in [0.2, 0.25) is 0 Å². The number of ether oxygens (including phenoxy) is 1. The number of amidine groups is 1. The molecule has 6 N–H and O–H groups in total. The number of halogens is 2. The number of H-pyrrole nitrogens is 1. The number of nitrogens with one attached hydrogen (secondary N) is 4. The summed E-state index contributed by atoms with van der Waals surface area (Å²) in [5.41, 5.74) is 9.15. The molecule has 0 bridgehead atoms. The summed E-state index contributed by atoms with van der Waals surface area (Å²) in [5.74, 6) is -0.0575. The number of aromatic amines is 1. The molecule has 44 heavy (non-hydrogen) atoms. The molecule has 4 aromatic rings. The van der Waals surface area contributed by atoms with Gasteiger partial charge in [-0.05, 0) is 87.8 Å². The van der Waals surface area contributed by atoms with Crippen molar-refractivity contribution in [3.05, 3.63) is 75.3 Å². The highest BCUT2D eigenvalue weighted by Gasteiger charge is 2.23. The second-order valence-corrected chi connectivity index (χ2v) is 12.0. The first-order chi connectivity index (χ1) is 21.2. The summed E-state index contributed by atoms with van der Waals surface area (Å²) in [5, 5.41) is 15.0. The molecule has 234 valence electrons. The Bertz CT molecular complexity index is 1650. The highest BCUT2D eigenvalue weighted by atomic mass is 35.5. The van der Waals surface area contributed by atoms with Crippen LogP contribution < -0.4 is 22.1 Å². The first-order valence-corrected chi connectivity index (χ1v) is 15.5. The number of nitrogens with two attached hydrogens (primary N) is 1. The summed E-state index contributed by atoms with van der Waals surface area (Å²) in [6.45, 7) is 3.00. The van der Waals surface area contributed by atoms with E-state index in [2.05, 4.69) is 25.6 Å². The number of nitrogens with zero attached hydrogens (tertiary/aromatic N) is 3. The second kappa shape index (κ2) is 14.4. The second-order valence-electron chi connectivity index (χ2n) is 11.6. The SMILES string of the molecule is COC[C@H](N)CCCc1cc(Cl)c(F)c(-c2cc3cn(-c4ccc([C@@H]5CCC[C@@H](CCNC(C)=N)N5)nc4)c(=O)nc3[nH]2)c1. The number of hydrogen-bond acceptors (Lipinski definition) is 7. The number of benzene rings is 1. The molecule has 0 aliphatic carbocycles. The molecule has 0 amide bonds. The van der Waals surface area contributed by atoms with Crippen molar-refractivity contribution >= 4 is 28.5 Å². The van der Waals surface area contributed by atoms with E-state index in [0.29, 0.717) is 52.9 Å². The van der Waals surface area contributed by atoms with Crippen molar-refractivity contribution in [2.75, 3.05) is 20.3 Å². The van der Waals surface area contributed by atoms with Crippen LogP contribution in [-0.2, 0) is 11.2 Å². The third kappa shape index (κ3) is 7.71. The van der Waals surface area contributed by atoms with Crippen LogP contribution in [0.2, 0.25) is 5.02 Å². The maximum absolute atomic E-state index is 15.2. The minimum atomic E-state index is -0.535. The maximum Gasteiger partial charge on any atom is 0.354 e. The fraction of sp³-hybridized carbons (Fsp3) is 0.438. The molecule has 1 aliphatic rings. The Balaban J connectivity index is 1.32. The molecule has 3 aromatic heterocycles. The van der Waals surface area contributed by atoms with E-state index >= 15 is 4.39 Å². The van der Waals surface area contributed by atoms with Crippen LogP contribution in [0.15, 0.2) is 47.5 Å². The van der Waals surface area contributed by atoms with Crippen molar-refractivity contribution in [3.8, 4) is 16.9 Å². The van der Waals surface area contributed by atoms with Gasteiger partial charge in [0.25, 0.3) is 0 Å². The van der Waals surface area contributed by atoms with Crippen molar-refractivity contribution in [1.29, 1.82) is 5.41 Å². The molecule has 1 saturated heterocycles. The fourth-order valence-corrected chi connectivity index (χ4v) is 6.08. The lowest BCUT2D eigenvalue weighted by molar-refractivity contribution is 0.176. The van der Waals surface area contributed by atoms with Crippen molar-refractivity contribution in [2.24, 2.45) is 5.73 Å². The average molecular weight is 623 g/mol. The van der Waals surface area contributed by atoms with Gasteiger partial charge < -0.3 is 26.1 Å². The third-order valence-electron chi connectivity index (χ3n) is 8.08. The van der Waals surface area contributed by atoms with Gasteiger partial charge in [0.1, 0.15) is 5.65 Å². The first-order valence-electron chi connectivity index (χ1n) is 15.1. The van der Waals surface area contributed by atoms with Gasteiger partial charge in [0.15, 0.2) is 5.82 Å². The van der Waals surface area contributed by atoms with Gasteiger partial charge >= 0.3 is 5.69 Å². The van der Waals surface area contributed by atoms with Gasteiger partial charge in [-0.1, -0.05) is 11.6 Å². The lowest BCUT2D eigenvalue weighted by atomic mass is 9.94. The molecule has 10 nitrogen and oxygen atoms in total. The summed E-state index contributed by atoms with van der Waals surface area (Å²) in [4.78, 5) is 25.0. The minimum Gasteiger partial charge on any atom is -0.383 e. The molecule has 4 heterocycles. The smallest absolute Gasteiger partial charge is 0.354 e. The van der Waals surface area contributed by atoms with Gasteiger partial charge in [-0.25, -0.2) is 9.18 Å². The molecule has 0 saturated carbocycles. The fourth-order valence-electron chi connectivity index (χ4n) is 5.84. The molecule has 1 aromatic carbocycles. The van der Waals surface area contributed by atoms with E-state index in [-0.39, 0.29) is 17.1 Å². The summed E-state index contributed by atoms with van der Waals surface area (Å²) >= 11 is 6.27. The monoisotopic (exact) mass is 622 g/mol. The number of pyridine rings is 1. The Morgan fingerprint density at radius 3 is 2.91 bits per heavy atom. The summed E-state index contributed by atoms with van der Waals surface area (Å²) in [7, 11) is 1.62. The van der Waals surface area contributed by atoms with Crippen molar-refractivity contribution in [2.45, 2.75) is 70.0 Å². The van der Waals surface area contributed by atoms with Crippen molar-refractivity contribution in [3.63, 3.8) is 0 Å². The van der Waals surface area contributed by atoms with Gasteiger partial charge in [-0.3, -0.25) is 15.0 Å². The van der Waals surface area contributed by atoms with Crippen LogP contribution in [-0.4, -0.2) is 57.7 Å². The Labute approximate surface area is 261 Å². The van der Waals surface area contributed by atoms with Crippen molar-refractivity contribution in [1.82, 2.24) is 30.2 Å². The van der Waals surface area contributed by atoms with E-state index < -0.39 is 11.5 Å².